The Kier molecular flexibility index (Phi) is 4.97. The second-order valence-corrected chi connectivity index (χ2v) is 5.83. The Bertz CT molecular complexity index is 433. The van der Waals surface area contributed by atoms with E-state index in [4.69, 9.17) is 5.73 Å². The van der Waals surface area contributed by atoms with Gasteiger partial charge < -0.3 is 10.6 Å². The summed E-state index contributed by atoms with van der Waals surface area (Å²) in [5.74, 6) is -0.949. The Balaban J connectivity index is 2.21. The van der Waals surface area contributed by atoms with Crippen molar-refractivity contribution in [2.45, 2.75) is 57.5 Å². The van der Waals surface area contributed by atoms with Crippen LogP contribution in [0.5, 0.6) is 0 Å². The van der Waals surface area contributed by atoms with Crippen molar-refractivity contribution in [3.63, 3.8) is 0 Å². The SMILES string of the molecule is CCC(N)Cc1cc(F)c(N(C)C2CCCC2)c(F)c1. The number of hydrogen-bond donors (Lipinski definition) is 1. The Morgan fingerprint density at radius 1 is 1.25 bits per heavy atom. The molecule has 0 radical (unpaired) electrons. The molecule has 1 saturated carbocycles. The van der Waals surface area contributed by atoms with Gasteiger partial charge in [-0.2, -0.15) is 0 Å². The van der Waals surface area contributed by atoms with Gasteiger partial charge >= 0.3 is 0 Å². The maximum absolute atomic E-state index is 14.2. The molecule has 1 atom stereocenters. The van der Waals surface area contributed by atoms with E-state index in [9.17, 15) is 8.78 Å². The van der Waals surface area contributed by atoms with Gasteiger partial charge in [0, 0.05) is 19.1 Å². The average molecular weight is 282 g/mol. The van der Waals surface area contributed by atoms with Gasteiger partial charge in [-0.1, -0.05) is 19.8 Å². The lowest BCUT2D eigenvalue weighted by molar-refractivity contribution is 0.548. The molecule has 1 aromatic rings. The van der Waals surface area contributed by atoms with E-state index in [-0.39, 0.29) is 17.8 Å². The van der Waals surface area contributed by atoms with Crippen molar-refractivity contribution < 1.29 is 8.78 Å². The zero-order chi connectivity index (χ0) is 14.7. The molecule has 112 valence electrons. The highest BCUT2D eigenvalue weighted by molar-refractivity contribution is 5.51. The summed E-state index contributed by atoms with van der Waals surface area (Å²) in [6.07, 6.45) is 5.61. The zero-order valence-electron chi connectivity index (χ0n) is 12.3. The number of hydrogen-bond acceptors (Lipinski definition) is 2. The van der Waals surface area contributed by atoms with Gasteiger partial charge in [0.25, 0.3) is 0 Å². The maximum atomic E-state index is 14.2. The molecule has 2 nitrogen and oxygen atoms in total. The molecular weight excluding hydrogens is 258 g/mol. The molecule has 2 N–H and O–H groups in total. The molecule has 0 bridgehead atoms. The highest BCUT2D eigenvalue weighted by atomic mass is 19.1. The molecule has 1 unspecified atom stereocenters. The minimum atomic E-state index is -0.474. The Hall–Kier alpha value is -1.16. The third kappa shape index (κ3) is 3.29. The number of halogens is 2. The molecule has 0 aromatic heterocycles. The van der Waals surface area contributed by atoms with Crippen LogP contribution in [0.1, 0.15) is 44.6 Å². The lowest BCUT2D eigenvalue weighted by atomic mass is 10.0. The summed E-state index contributed by atoms with van der Waals surface area (Å²) in [5, 5.41) is 0. The smallest absolute Gasteiger partial charge is 0.149 e. The summed E-state index contributed by atoms with van der Waals surface area (Å²) in [5.41, 5.74) is 6.59. The molecular formula is C16H24F2N2. The van der Waals surface area contributed by atoms with E-state index in [2.05, 4.69) is 0 Å². The monoisotopic (exact) mass is 282 g/mol. The van der Waals surface area contributed by atoms with Gasteiger partial charge in [-0.05, 0) is 43.4 Å². The van der Waals surface area contributed by atoms with Crippen molar-refractivity contribution in [1.82, 2.24) is 0 Å². The van der Waals surface area contributed by atoms with Crippen LogP contribution in [0, 0.1) is 11.6 Å². The van der Waals surface area contributed by atoms with Crippen LogP contribution in [0.25, 0.3) is 0 Å². The molecule has 1 aromatic carbocycles. The van der Waals surface area contributed by atoms with Crippen LogP contribution in [0.15, 0.2) is 12.1 Å². The van der Waals surface area contributed by atoms with Crippen molar-refractivity contribution in [1.29, 1.82) is 0 Å². The molecule has 0 heterocycles. The first kappa shape index (κ1) is 15.2. The molecule has 1 aliphatic carbocycles. The Labute approximate surface area is 120 Å². The van der Waals surface area contributed by atoms with Gasteiger partial charge in [0.1, 0.15) is 17.3 Å². The first-order chi connectivity index (χ1) is 9.52. The minimum Gasteiger partial charge on any atom is -0.367 e. The van der Waals surface area contributed by atoms with Gasteiger partial charge in [0.05, 0.1) is 0 Å². The first-order valence-corrected chi connectivity index (χ1v) is 7.49. The molecule has 20 heavy (non-hydrogen) atoms. The third-order valence-corrected chi connectivity index (χ3v) is 4.32. The molecule has 4 heteroatoms. The van der Waals surface area contributed by atoms with Gasteiger partial charge in [0.2, 0.25) is 0 Å². The van der Waals surface area contributed by atoms with E-state index >= 15 is 0 Å². The topological polar surface area (TPSA) is 29.3 Å². The predicted molar refractivity (Wildman–Crippen MR) is 79.0 cm³/mol. The van der Waals surface area contributed by atoms with Crippen molar-refractivity contribution in [2.24, 2.45) is 5.73 Å². The Morgan fingerprint density at radius 2 is 1.80 bits per heavy atom. The van der Waals surface area contributed by atoms with E-state index in [1.807, 2.05) is 6.92 Å². The van der Waals surface area contributed by atoms with Crippen LogP contribution in [-0.2, 0) is 6.42 Å². The second-order valence-electron chi connectivity index (χ2n) is 5.83. The van der Waals surface area contributed by atoms with E-state index < -0.39 is 11.6 Å². The van der Waals surface area contributed by atoms with E-state index in [0.717, 1.165) is 32.1 Å². The van der Waals surface area contributed by atoms with E-state index in [1.165, 1.54) is 12.1 Å². The fraction of sp³-hybridized carbons (Fsp3) is 0.625. The van der Waals surface area contributed by atoms with Gasteiger partial charge in [-0.3, -0.25) is 0 Å². The maximum Gasteiger partial charge on any atom is 0.149 e. The normalized spacial score (nSPS) is 17.4. The molecule has 1 fully saturated rings. The third-order valence-electron chi connectivity index (χ3n) is 4.32. The summed E-state index contributed by atoms with van der Waals surface area (Å²) in [6, 6.07) is 3.06. The number of rotatable bonds is 5. The van der Waals surface area contributed by atoms with Gasteiger partial charge in [-0.25, -0.2) is 8.78 Å². The van der Waals surface area contributed by atoms with Crippen LogP contribution in [0.2, 0.25) is 0 Å². The number of anilines is 1. The van der Waals surface area contributed by atoms with Crippen molar-refractivity contribution in [2.75, 3.05) is 11.9 Å². The van der Waals surface area contributed by atoms with Crippen LogP contribution < -0.4 is 10.6 Å². The van der Waals surface area contributed by atoms with E-state index in [1.54, 1.807) is 11.9 Å². The minimum absolute atomic E-state index is 0.0489. The van der Waals surface area contributed by atoms with Crippen molar-refractivity contribution >= 4 is 5.69 Å². The van der Waals surface area contributed by atoms with Gasteiger partial charge in [-0.15, -0.1) is 0 Å². The van der Waals surface area contributed by atoms with Crippen LogP contribution >= 0.6 is 0 Å². The summed E-state index contributed by atoms with van der Waals surface area (Å²) < 4.78 is 28.5. The van der Waals surface area contributed by atoms with Gasteiger partial charge in [0.15, 0.2) is 0 Å². The number of nitrogens with zero attached hydrogens (tertiary/aromatic N) is 1. The fourth-order valence-electron chi connectivity index (χ4n) is 2.99. The van der Waals surface area contributed by atoms with E-state index in [0.29, 0.717) is 12.0 Å². The average Bonchev–Trinajstić information content (AvgIpc) is 2.91. The molecule has 1 aliphatic rings. The summed E-state index contributed by atoms with van der Waals surface area (Å²) >= 11 is 0. The Morgan fingerprint density at radius 3 is 2.30 bits per heavy atom. The van der Waals surface area contributed by atoms with Crippen molar-refractivity contribution in [3.8, 4) is 0 Å². The molecule has 0 spiro atoms. The number of benzene rings is 1. The largest absolute Gasteiger partial charge is 0.367 e. The standard InChI is InChI=1S/C16H24F2N2/c1-3-12(19)8-11-9-14(17)16(15(18)10-11)20(2)13-6-4-5-7-13/h9-10,12-13H,3-8,19H2,1-2H3. The lowest BCUT2D eigenvalue weighted by Crippen LogP contribution is -2.30. The number of nitrogens with two attached hydrogens (primary N) is 1. The zero-order valence-corrected chi connectivity index (χ0v) is 12.3. The summed E-state index contributed by atoms with van der Waals surface area (Å²) in [6.45, 7) is 1.97. The first-order valence-electron chi connectivity index (χ1n) is 7.49. The van der Waals surface area contributed by atoms with Crippen molar-refractivity contribution in [3.05, 3.63) is 29.3 Å². The molecule has 0 amide bonds. The lowest BCUT2D eigenvalue weighted by Gasteiger charge is -2.27. The molecule has 2 rings (SSSR count). The van der Waals surface area contributed by atoms with Crippen LogP contribution in [-0.4, -0.2) is 19.1 Å². The quantitative estimate of drug-likeness (QED) is 0.893. The summed E-state index contributed by atoms with van der Waals surface area (Å²) in [4.78, 5) is 1.77. The highest BCUT2D eigenvalue weighted by Crippen LogP contribution is 2.31. The van der Waals surface area contributed by atoms with Crippen LogP contribution in [0.3, 0.4) is 0 Å². The highest BCUT2D eigenvalue weighted by Gasteiger charge is 2.24. The second kappa shape index (κ2) is 6.53. The molecule has 0 aliphatic heterocycles. The van der Waals surface area contributed by atoms with Crippen LogP contribution in [0.4, 0.5) is 14.5 Å². The summed E-state index contributed by atoms with van der Waals surface area (Å²) in [7, 11) is 1.79. The molecule has 0 saturated heterocycles. The fourth-order valence-corrected chi connectivity index (χ4v) is 2.99. The predicted octanol–water partition coefficient (Wildman–Crippen LogP) is 3.62.